The molecule has 6 heteroatoms. The minimum absolute atomic E-state index is 0. The van der Waals surface area contributed by atoms with Crippen LogP contribution in [0.5, 0.6) is 11.5 Å². The second kappa shape index (κ2) is 17.3. The van der Waals surface area contributed by atoms with Gasteiger partial charge in [-0.2, -0.15) is 12.1 Å². The van der Waals surface area contributed by atoms with Crippen molar-refractivity contribution in [3.05, 3.63) is 198 Å². The molecule has 7 aromatic carbocycles. The number of hydrogen-bond donors (Lipinski definition) is 0. The summed E-state index contributed by atoms with van der Waals surface area (Å²) in [6.07, 6.45) is 1.70. The van der Waals surface area contributed by atoms with E-state index in [9.17, 15) is 0 Å². The molecule has 0 amide bonds. The maximum Gasteiger partial charge on any atom is 0.187 e. The van der Waals surface area contributed by atoms with E-state index in [0.717, 1.165) is 39.7 Å². The largest absolute Gasteiger partial charge is 0.509 e. The molecule has 12 rings (SSSR count). The number of nitrogens with zero attached hydrogens (tertiary/aromatic N) is 4. The van der Waals surface area contributed by atoms with Crippen LogP contribution in [0.1, 0.15) is 115 Å². The van der Waals surface area contributed by atoms with Gasteiger partial charge in [-0.05, 0) is 91.0 Å². The number of quaternary nitrogens is 2. The summed E-state index contributed by atoms with van der Waals surface area (Å²) in [4.78, 5) is 4.98. The molecule has 3 aliphatic heterocycles. The molecule has 0 spiro atoms. The van der Waals surface area contributed by atoms with E-state index in [1.165, 1.54) is 50.4 Å². The van der Waals surface area contributed by atoms with Crippen molar-refractivity contribution < 1.29 is 29.9 Å². The Balaban J connectivity index is 0.00000641. The van der Waals surface area contributed by atoms with Gasteiger partial charge in [0.25, 0.3) is 0 Å². The van der Waals surface area contributed by atoms with Crippen molar-refractivity contribution in [1.82, 2.24) is 18.5 Å². The van der Waals surface area contributed by atoms with E-state index >= 15 is 0 Å². The predicted molar refractivity (Wildman–Crippen MR) is 298 cm³/mol. The van der Waals surface area contributed by atoms with Crippen LogP contribution >= 0.6 is 0 Å². The molecule has 72 heavy (non-hydrogen) atoms. The van der Waals surface area contributed by atoms with Gasteiger partial charge in [0.2, 0.25) is 0 Å². The molecule has 1 fully saturated rings. The van der Waals surface area contributed by atoms with E-state index in [4.69, 9.17) is 13.8 Å². The minimum atomic E-state index is -2.40. The quantitative estimate of drug-likeness (QED) is 0.117. The van der Waals surface area contributed by atoms with Gasteiger partial charge in [-0.3, -0.25) is 4.48 Å². The molecule has 2 bridgehead atoms. The third kappa shape index (κ3) is 8.26. The Morgan fingerprint density at radius 2 is 1.22 bits per heavy atom. The van der Waals surface area contributed by atoms with Crippen LogP contribution in [0, 0.1) is 25.7 Å². The van der Waals surface area contributed by atoms with Crippen LogP contribution in [0.2, 0.25) is 0 Å². The molecular weight excluding hydrogens is 1060 g/mol. The maximum atomic E-state index is 8.70. The molecule has 3 aliphatic rings. The van der Waals surface area contributed by atoms with Gasteiger partial charge < -0.3 is 13.8 Å². The third-order valence-electron chi connectivity index (χ3n) is 15.0. The van der Waals surface area contributed by atoms with Crippen LogP contribution in [0.25, 0.3) is 49.9 Å². The SMILES string of the molecule is [2H]C([2H])([2H])c1cc(-n2c3[c-]c(Oc4[c-]c([N@@+]56[CH-][N@@+](c7cc(C(C)(C)C)cc(C(C)(C)C)c7)(C5)c5c(-c7cccc(C(C)(C)C)c7)cccc56)ccc4)ccc3c3ccccc32)ncc1-c1ccc(C(C)(C)C)cc1.[Pt]. The molecule has 0 radical (unpaired) electrons. The van der Waals surface area contributed by atoms with Crippen molar-refractivity contribution in [2.45, 2.75) is 112 Å². The van der Waals surface area contributed by atoms with Crippen LogP contribution < -0.4 is 13.7 Å². The van der Waals surface area contributed by atoms with Crippen molar-refractivity contribution in [3.63, 3.8) is 0 Å². The van der Waals surface area contributed by atoms with E-state index in [-0.39, 0.29) is 48.3 Å². The van der Waals surface area contributed by atoms with Crippen LogP contribution in [-0.2, 0) is 42.7 Å². The van der Waals surface area contributed by atoms with Crippen LogP contribution in [0.3, 0.4) is 0 Å². The average molecular weight is 1130 g/mol. The number of rotatable bonds is 7. The molecule has 368 valence electrons. The molecule has 5 heterocycles. The topological polar surface area (TPSA) is 27.1 Å². The van der Waals surface area contributed by atoms with Crippen LogP contribution in [0.4, 0.5) is 22.7 Å². The van der Waals surface area contributed by atoms with E-state index in [1.807, 2.05) is 47.0 Å². The number of pyridine rings is 1. The summed E-state index contributed by atoms with van der Waals surface area (Å²) >= 11 is 0. The molecule has 5 nitrogen and oxygen atoms in total. The normalized spacial score (nSPS) is 18.5. The van der Waals surface area contributed by atoms with E-state index in [2.05, 4.69) is 199 Å². The Labute approximate surface area is 446 Å². The molecule has 1 saturated heterocycles. The zero-order valence-corrected chi connectivity index (χ0v) is 46.0. The summed E-state index contributed by atoms with van der Waals surface area (Å²) < 4.78 is 36.0. The Morgan fingerprint density at radius 1 is 0.569 bits per heavy atom. The predicted octanol–water partition coefficient (Wildman–Crippen LogP) is 17.8. The second-order valence-corrected chi connectivity index (χ2v) is 24.1. The van der Waals surface area contributed by atoms with Crippen molar-refractivity contribution in [1.29, 1.82) is 0 Å². The fraction of sp³-hybridized carbons (Fsp3) is 0.273. The summed E-state index contributed by atoms with van der Waals surface area (Å²) in [6.45, 7) is 28.1. The van der Waals surface area contributed by atoms with Crippen LogP contribution in [-0.4, -0.2) is 16.2 Å². The number of fused-ring (bicyclic) bond motifs is 3. The zero-order chi connectivity index (χ0) is 52.5. The molecule has 9 aromatic rings. The number of hydrogen-bond acceptors (Lipinski definition) is 2. The Bertz CT molecular complexity index is 3650. The Morgan fingerprint density at radius 3 is 1.90 bits per heavy atom. The van der Waals surface area contributed by atoms with Gasteiger partial charge in [-0.1, -0.05) is 174 Å². The van der Waals surface area contributed by atoms with Gasteiger partial charge in [-0.15, -0.1) is 29.7 Å². The van der Waals surface area contributed by atoms with Gasteiger partial charge in [-0.25, -0.2) is 4.98 Å². The molecule has 2 aromatic heterocycles. The van der Waals surface area contributed by atoms with Crippen molar-refractivity contribution in [2.24, 2.45) is 0 Å². The first-order valence-electron chi connectivity index (χ1n) is 26.6. The van der Waals surface area contributed by atoms with E-state index < -0.39 is 6.85 Å². The Kier molecular flexibility index (Phi) is 11.0. The third-order valence-corrected chi connectivity index (χ3v) is 15.0. The first-order chi connectivity index (χ1) is 34.7. The molecule has 2 atom stereocenters. The van der Waals surface area contributed by atoms with Crippen molar-refractivity contribution in [2.75, 3.05) is 6.67 Å². The number of aryl methyl sites for hydroxylation is 1. The van der Waals surface area contributed by atoms with Gasteiger partial charge in [0.15, 0.2) is 18.0 Å². The monoisotopic (exact) mass is 1130 g/mol. The van der Waals surface area contributed by atoms with E-state index in [1.54, 1.807) is 12.3 Å². The van der Waals surface area contributed by atoms with E-state index in [0.29, 0.717) is 31.8 Å². The summed E-state index contributed by atoms with van der Waals surface area (Å²) in [5.74, 6) is 1.57. The van der Waals surface area contributed by atoms with Gasteiger partial charge >= 0.3 is 0 Å². The van der Waals surface area contributed by atoms with Gasteiger partial charge in [0.1, 0.15) is 11.5 Å². The number of aromatic nitrogens is 2. The maximum absolute atomic E-state index is 8.70. The van der Waals surface area contributed by atoms with Gasteiger partial charge in [0.05, 0.1) is 6.67 Å². The fourth-order valence-corrected chi connectivity index (χ4v) is 10.8. The summed E-state index contributed by atoms with van der Waals surface area (Å²) in [6, 6.07) is 58.8. The number of para-hydroxylation sites is 2. The first kappa shape index (κ1) is 45.7. The average Bonchev–Trinajstić information content (AvgIpc) is 4.15. The smallest absolute Gasteiger partial charge is 0.187 e. The molecule has 0 unspecified atom stereocenters. The van der Waals surface area contributed by atoms with Crippen LogP contribution in [0.15, 0.2) is 152 Å². The molecular formula is C66H67N4OPt-. The molecule has 0 N–H and O–H groups in total. The summed E-state index contributed by atoms with van der Waals surface area (Å²) in [7, 11) is 0. The Hall–Kier alpha value is -6.10. The zero-order valence-electron chi connectivity index (χ0n) is 46.7. The van der Waals surface area contributed by atoms with Crippen molar-refractivity contribution in [3.8, 4) is 39.6 Å². The standard InChI is InChI=1S/C66H67N4O.Pt/c1-43-33-61(67-40-57(43)44-27-29-46(30-28-44)63(2,3)4)68-58-25-15-14-23-55(58)56-32-31-53(39-59(56)68)71-52-22-17-21-50(38-52)69-41-70(42-69,51-36-48(65(8,9)10)35-49(37-51)66(11,12)13)62-54(24-18-26-60(62)69)45-19-16-20-47(34-45)64(5,6)7;/h14-37,40-41H,42H2,1-13H3;/q-1;/t69-,70+;/m1./s1/i1D3;. The fourth-order valence-electron chi connectivity index (χ4n) is 10.8. The first-order valence-corrected chi connectivity index (χ1v) is 25.1. The minimum Gasteiger partial charge on any atom is -0.509 e. The van der Waals surface area contributed by atoms with Gasteiger partial charge in [0, 0.05) is 83.4 Å². The number of ether oxygens (including phenoxy) is 1. The number of benzene rings is 7. The molecule has 0 aliphatic carbocycles. The van der Waals surface area contributed by atoms with Crippen molar-refractivity contribution >= 4 is 44.6 Å². The molecule has 0 saturated carbocycles. The summed E-state index contributed by atoms with van der Waals surface area (Å²) in [5, 5.41) is 1.96. The summed E-state index contributed by atoms with van der Waals surface area (Å²) in [5.41, 5.74) is 15.5. The second-order valence-electron chi connectivity index (χ2n) is 24.1.